The molecule has 1 aromatic carbocycles. The van der Waals surface area contributed by atoms with E-state index in [0.29, 0.717) is 0 Å². The first kappa shape index (κ1) is 15.3. The number of piperazine rings is 1. The number of benzene rings is 1. The minimum atomic E-state index is -0.615. The maximum absolute atomic E-state index is 12.9. The zero-order chi connectivity index (χ0) is 15.6. The molecular weight excluding hydrogens is 264 g/mol. The smallest absolute Gasteiger partial charge is 0.250 e. The van der Waals surface area contributed by atoms with Crippen molar-refractivity contribution in [3.63, 3.8) is 0 Å². The summed E-state index contributed by atoms with van der Waals surface area (Å²) in [5.41, 5.74) is 0.805. The van der Waals surface area contributed by atoms with Gasteiger partial charge in [0.25, 0.3) is 5.91 Å². The van der Waals surface area contributed by atoms with Crippen LogP contribution in [0.4, 0.5) is 0 Å². The second kappa shape index (κ2) is 6.12. The average Bonchev–Trinajstić information content (AvgIpc) is 2.48. The Hall–Kier alpha value is -2.10. The van der Waals surface area contributed by atoms with Crippen LogP contribution in [0, 0.1) is 5.92 Å². The van der Waals surface area contributed by atoms with Crippen LogP contribution in [-0.4, -0.2) is 28.8 Å². The largest absolute Gasteiger partial charge is 0.339 e. The molecule has 0 radical (unpaired) electrons. The molecule has 3 atom stereocenters. The molecule has 0 aromatic heterocycles. The van der Waals surface area contributed by atoms with Gasteiger partial charge in [-0.05, 0) is 18.4 Å². The van der Waals surface area contributed by atoms with E-state index in [2.05, 4.69) is 11.9 Å². The Morgan fingerprint density at radius 2 is 1.81 bits per heavy atom. The standard InChI is InChI=1S/C17H22N2O2/c1-5-12(4)19-15(11(2)3)16(20)18-14(17(19)21)13-9-7-6-8-10-13/h5-12,14-15H,1H2,2-4H3,(H,18,20). The zero-order valence-electron chi connectivity index (χ0n) is 12.7. The number of carbonyl (C=O) groups is 2. The Kier molecular flexibility index (Phi) is 4.46. The van der Waals surface area contributed by atoms with Crippen LogP contribution in [-0.2, 0) is 9.59 Å². The van der Waals surface area contributed by atoms with E-state index in [1.807, 2.05) is 51.1 Å². The summed E-state index contributed by atoms with van der Waals surface area (Å²) in [5.74, 6) is -0.132. The van der Waals surface area contributed by atoms with Gasteiger partial charge in [0.2, 0.25) is 5.91 Å². The normalized spacial score (nSPS) is 23.9. The van der Waals surface area contributed by atoms with Gasteiger partial charge < -0.3 is 10.2 Å². The molecule has 1 heterocycles. The van der Waals surface area contributed by atoms with Gasteiger partial charge in [-0.25, -0.2) is 0 Å². The molecule has 0 spiro atoms. The molecular formula is C17H22N2O2. The van der Waals surface area contributed by atoms with Gasteiger partial charge in [-0.15, -0.1) is 6.58 Å². The van der Waals surface area contributed by atoms with Crippen molar-refractivity contribution in [2.45, 2.75) is 38.9 Å². The van der Waals surface area contributed by atoms with Gasteiger partial charge in [0.05, 0.1) is 0 Å². The van der Waals surface area contributed by atoms with Crippen molar-refractivity contribution in [2.24, 2.45) is 5.92 Å². The fourth-order valence-electron chi connectivity index (χ4n) is 2.76. The van der Waals surface area contributed by atoms with Gasteiger partial charge in [-0.2, -0.15) is 0 Å². The number of carbonyl (C=O) groups excluding carboxylic acids is 2. The molecule has 2 rings (SSSR count). The van der Waals surface area contributed by atoms with Crippen LogP contribution in [0.15, 0.2) is 43.0 Å². The molecule has 4 heteroatoms. The summed E-state index contributed by atoms with van der Waals surface area (Å²) in [6.45, 7) is 9.55. The third-order valence-electron chi connectivity index (χ3n) is 3.90. The summed E-state index contributed by atoms with van der Waals surface area (Å²) in [6, 6.07) is 8.09. The summed E-state index contributed by atoms with van der Waals surface area (Å²) in [6.07, 6.45) is 1.70. The lowest BCUT2D eigenvalue weighted by Gasteiger charge is -2.43. The summed E-state index contributed by atoms with van der Waals surface area (Å²) in [7, 11) is 0. The first-order valence-electron chi connectivity index (χ1n) is 7.27. The number of nitrogens with one attached hydrogen (secondary N) is 1. The molecule has 1 fully saturated rings. The molecule has 0 saturated carbocycles. The van der Waals surface area contributed by atoms with Gasteiger partial charge in [0.1, 0.15) is 12.1 Å². The maximum atomic E-state index is 12.9. The minimum absolute atomic E-state index is 0.0491. The van der Waals surface area contributed by atoms with Crippen molar-refractivity contribution < 1.29 is 9.59 Å². The Bertz CT molecular complexity index is 539. The quantitative estimate of drug-likeness (QED) is 0.863. The number of hydrogen-bond acceptors (Lipinski definition) is 2. The third-order valence-corrected chi connectivity index (χ3v) is 3.90. The maximum Gasteiger partial charge on any atom is 0.250 e. The highest BCUT2D eigenvalue weighted by Gasteiger charge is 2.43. The highest BCUT2D eigenvalue weighted by Crippen LogP contribution is 2.27. The topological polar surface area (TPSA) is 49.4 Å². The fraction of sp³-hybridized carbons (Fsp3) is 0.412. The predicted octanol–water partition coefficient (Wildman–Crippen LogP) is 2.29. The number of nitrogens with zero attached hydrogens (tertiary/aromatic N) is 1. The van der Waals surface area contributed by atoms with Crippen LogP contribution < -0.4 is 5.32 Å². The summed E-state index contributed by atoms with van der Waals surface area (Å²) < 4.78 is 0. The van der Waals surface area contributed by atoms with E-state index in [-0.39, 0.29) is 23.8 Å². The van der Waals surface area contributed by atoms with Crippen molar-refractivity contribution in [1.82, 2.24) is 10.2 Å². The Balaban J connectivity index is 2.40. The van der Waals surface area contributed by atoms with E-state index in [1.54, 1.807) is 11.0 Å². The van der Waals surface area contributed by atoms with Gasteiger partial charge >= 0.3 is 0 Å². The number of rotatable bonds is 4. The van der Waals surface area contributed by atoms with Crippen LogP contribution in [0.2, 0.25) is 0 Å². The molecule has 2 amide bonds. The van der Waals surface area contributed by atoms with Crippen LogP contribution in [0.25, 0.3) is 0 Å². The summed E-state index contributed by atoms with van der Waals surface area (Å²) in [4.78, 5) is 27.0. The molecule has 1 aliphatic rings. The molecule has 112 valence electrons. The number of amides is 2. The molecule has 1 saturated heterocycles. The molecule has 4 nitrogen and oxygen atoms in total. The molecule has 0 aliphatic carbocycles. The summed E-state index contributed by atoms with van der Waals surface area (Å²) in [5, 5.41) is 2.86. The van der Waals surface area contributed by atoms with Crippen LogP contribution >= 0.6 is 0 Å². The van der Waals surface area contributed by atoms with Gasteiger partial charge in [-0.3, -0.25) is 9.59 Å². The number of hydrogen-bond donors (Lipinski definition) is 1. The Labute approximate surface area is 125 Å². The lowest BCUT2D eigenvalue weighted by atomic mass is 9.93. The second-order valence-corrected chi connectivity index (χ2v) is 5.76. The molecule has 1 aromatic rings. The van der Waals surface area contributed by atoms with E-state index in [0.717, 1.165) is 5.56 Å². The van der Waals surface area contributed by atoms with Crippen LogP contribution in [0.5, 0.6) is 0 Å². The van der Waals surface area contributed by atoms with Gasteiger partial charge in [0.15, 0.2) is 0 Å². The molecule has 3 unspecified atom stereocenters. The Morgan fingerprint density at radius 3 is 2.33 bits per heavy atom. The molecule has 1 N–H and O–H groups in total. The Morgan fingerprint density at radius 1 is 1.19 bits per heavy atom. The summed E-state index contributed by atoms with van der Waals surface area (Å²) >= 11 is 0. The first-order chi connectivity index (χ1) is 9.97. The van der Waals surface area contributed by atoms with Crippen molar-refractivity contribution in [3.05, 3.63) is 48.6 Å². The van der Waals surface area contributed by atoms with E-state index in [9.17, 15) is 9.59 Å². The SMILES string of the molecule is C=CC(C)N1C(=O)C(c2ccccc2)NC(=O)C1C(C)C. The second-order valence-electron chi connectivity index (χ2n) is 5.76. The van der Waals surface area contributed by atoms with E-state index >= 15 is 0 Å². The zero-order valence-corrected chi connectivity index (χ0v) is 12.7. The van der Waals surface area contributed by atoms with Crippen molar-refractivity contribution >= 4 is 11.8 Å². The van der Waals surface area contributed by atoms with Crippen molar-refractivity contribution in [3.8, 4) is 0 Å². The molecule has 21 heavy (non-hydrogen) atoms. The van der Waals surface area contributed by atoms with E-state index in [4.69, 9.17) is 0 Å². The predicted molar refractivity (Wildman–Crippen MR) is 82.5 cm³/mol. The lowest BCUT2D eigenvalue weighted by molar-refractivity contribution is -0.152. The highest BCUT2D eigenvalue weighted by molar-refractivity contribution is 5.98. The molecule has 0 bridgehead atoms. The third kappa shape index (κ3) is 2.84. The van der Waals surface area contributed by atoms with Crippen molar-refractivity contribution in [2.75, 3.05) is 0 Å². The monoisotopic (exact) mass is 286 g/mol. The van der Waals surface area contributed by atoms with E-state index < -0.39 is 12.1 Å². The van der Waals surface area contributed by atoms with Crippen LogP contribution in [0.1, 0.15) is 32.4 Å². The van der Waals surface area contributed by atoms with Crippen LogP contribution in [0.3, 0.4) is 0 Å². The van der Waals surface area contributed by atoms with Crippen molar-refractivity contribution in [1.29, 1.82) is 0 Å². The average molecular weight is 286 g/mol. The fourth-order valence-corrected chi connectivity index (χ4v) is 2.76. The minimum Gasteiger partial charge on any atom is -0.339 e. The highest BCUT2D eigenvalue weighted by atomic mass is 16.2. The van der Waals surface area contributed by atoms with Gasteiger partial charge in [-0.1, -0.05) is 50.3 Å². The first-order valence-corrected chi connectivity index (χ1v) is 7.27. The van der Waals surface area contributed by atoms with E-state index in [1.165, 1.54) is 0 Å². The molecule has 1 aliphatic heterocycles. The van der Waals surface area contributed by atoms with Gasteiger partial charge in [0, 0.05) is 6.04 Å². The lowest BCUT2D eigenvalue weighted by Crippen LogP contribution is -2.63.